The third-order valence-electron chi connectivity index (χ3n) is 4.49. The molecule has 1 saturated heterocycles. The first-order chi connectivity index (χ1) is 9.67. The molecule has 0 bridgehead atoms. The van der Waals surface area contributed by atoms with Crippen molar-refractivity contribution in [3.8, 4) is 0 Å². The van der Waals surface area contributed by atoms with Crippen molar-refractivity contribution in [1.82, 2.24) is 5.32 Å². The number of hydrogen-bond acceptors (Lipinski definition) is 1. The topological polar surface area (TPSA) is 12.0 Å². The van der Waals surface area contributed by atoms with E-state index in [1.54, 1.807) is 0 Å². The number of hydrogen-bond donors (Lipinski definition) is 1. The first-order valence-corrected chi connectivity index (χ1v) is 7.48. The van der Waals surface area contributed by atoms with Crippen molar-refractivity contribution in [3.05, 3.63) is 70.8 Å². The van der Waals surface area contributed by atoms with Gasteiger partial charge in [-0.05, 0) is 43.4 Å². The molecule has 1 heteroatoms. The number of rotatable bonds is 4. The molecule has 2 aromatic rings. The molecule has 1 aliphatic heterocycles. The summed E-state index contributed by atoms with van der Waals surface area (Å²) in [7, 11) is 0. The van der Waals surface area contributed by atoms with Crippen LogP contribution in [-0.4, -0.2) is 13.1 Å². The second kappa shape index (κ2) is 5.41. The smallest absolute Gasteiger partial charge is 0.00332 e. The molecule has 0 unspecified atom stereocenters. The molecule has 104 valence electrons. The van der Waals surface area contributed by atoms with Gasteiger partial charge in [-0.1, -0.05) is 54.1 Å². The van der Waals surface area contributed by atoms with Gasteiger partial charge >= 0.3 is 0 Å². The molecule has 0 amide bonds. The zero-order valence-electron chi connectivity index (χ0n) is 12.4. The molecule has 3 rings (SSSR count). The standard InChI is InChI=1S/C19H23N/c1-15-8-9-16(2)18(10-15)12-19(13-20-14-19)11-17-6-4-3-5-7-17/h3-10,20H,11-14H2,1-2H3. The van der Waals surface area contributed by atoms with Gasteiger partial charge in [-0.15, -0.1) is 0 Å². The van der Waals surface area contributed by atoms with Crippen molar-refractivity contribution in [2.45, 2.75) is 26.7 Å². The highest BCUT2D eigenvalue weighted by atomic mass is 15.0. The molecule has 1 fully saturated rings. The molecule has 0 atom stereocenters. The molecule has 0 aliphatic carbocycles. The van der Waals surface area contributed by atoms with E-state index in [4.69, 9.17) is 0 Å². The van der Waals surface area contributed by atoms with E-state index >= 15 is 0 Å². The van der Waals surface area contributed by atoms with Crippen LogP contribution in [0.25, 0.3) is 0 Å². The van der Waals surface area contributed by atoms with Gasteiger partial charge in [-0.2, -0.15) is 0 Å². The van der Waals surface area contributed by atoms with Crippen molar-refractivity contribution in [1.29, 1.82) is 0 Å². The van der Waals surface area contributed by atoms with Crippen LogP contribution in [0, 0.1) is 19.3 Å². The van der Waals surface area contributed by atoms with Crippen LogP contribution in [0.1, 0.15) is 22.3 Å². The van der Waals surface area contributed by atoms with Crippen molar-refractivity contribution in [2.75, 3.05) is 13.1 Å². The van der Waals surface area contributed by atoms with Crippen LogP contribution >= 0.6 is 0 Å². The summed E-state index contributed by atoms with van der Waals surface area (Å²) in [6, 6.07) is 17.7. The summed E-state index contributed by atoms with van der Waals surface area (Å²) in [5, 5.41) is 3.48. The van der Waals surface area contributed by atoms with Crippen LogP contribution in [-0.2, 0) is 12.8 Å². The quantitative estimate of drug-likeness (QED) is 0.889. The van der Waals surface area contributed by atoms with E-state index < -0.39 is 0 Å². The maximum Gasteiger partial charge on any atom is 0.00332 e. The molecule has 1 aliphatic rings. The average molecular weight is 265 g/mol. The Morgan fingerprint density at radius 2 is 1.70 bits per heavy atom. The largest absolute Gasteiger partial charge is 0.315 e. The number of nitrogens with one attached hydrogen (secondary N) is 1. The molecule has 1 nitrogen and oxygen atoms in total. The fourth-order valence-corrected chi connectivity index (χ4v) is 3.21. The molecule has 0 radical (unpaired) electrons. The zero-order valence-corrected chi connectivity index (χ0v) is 12.4. The molecule has 20 heavy (non-hydrogen) atoms. The first-order valence-electron chi connectivity index (χ1n) is 7.48. The van der Waals surface area contributed by atoms with Gasteiger partial charge in [0, 0.05) is 18.5 Å². The van der Waals surface area contributed by atoms with Gasteiger partial charge in [0.2, 0.25) is 0 Å². The van der Waals surface area contributed by atoms with Crippen molar-refractivity contribution >= 4 is 0 Å². The van der Waals surface area contributed by atoms with Crippen molar-refractivity contribution in [2.24, 2.45) is 5.41 Å². The van der Waals surface area contributed by atoms with Gasteiger partial charge in [0.05, 0.1) is 0 Å². The second-order valence-electron chi connectivity index (χ2n) is 6.37. The summed E-state index contributed by atoms with van der Waals surface area (Å²) >= 11 is 0. The van der Waals surface area contributed by atoms with Gasteiger partial charge in [-0.25, -0.2) is 0 Å². The molecule has 2 aromatic carbocycles. The predicted molar refractivity (Wildman–Crippen MR) is 85.1 cm³/mol. The predicted octanol–water partition coefficient (Wildman–Crippen LogP) is 3.68. The molecule has 0 aromatic heterocycles. The third-order valence-corrected chi connectivity index (χ3v) is 4.49. The fraction of sp³-hybridized carbons (Fsp3) is 0.368. The lowest BCUT2D eigenvalue weighted by molar-refractivity contribution is 0.166. The Kier molecular flexibility index (Phi) is 3.62. The maximum absolute atomic E-state index is 3.48. The molecule has 1 N–H and O–H groups in total. The van der Waals surface area contributed by atoms with Crippen LogP contribution in [0.15, 0.2) is 48.5 Å². The average Bonchev–Trinajstić information content (AvgIpc) is 2.41. The molecular weight excluding hydrogens is 242 g/mol. The number of aryl methyl sites for hydroxylation is 2. The highest BCUT2D eigenvalue weighted by Gasteiger charge is 2.37. The summed E-state index contributed by atoms with van der Waals surface area (Å²) in [5.74, 6) is 0. The minimum absolute atomic E-state index is 0.403. The Hall–Kier alpha value is -1.60. The van der Waals surface area contributed by atoms with Crippen molar-refractivity contribution in [3.63, 3.8) is 0 Å². The lowest BCUT2D eigenvalue weighted by Crippen LogP contribution is -2.56. The van der Waals surface area contributed by atoms with E-state index in [9.17, 15) is 0 Å². The highest BCUT2D eigenvalue weighted by molar-refractivity contribution is 5.32. The monoisotopic (exact) mass is 265 g/mol. The Bertz CT molecular complexity index is 582. The molecule has 0 saturated carbocycles. The maximum atomic E-state index is 3.48. The van der Waals surface area contributed by atoms with E-state index in [0.29, 0.717) is 5.41 Å². The molecule has 1 heterocycles. The second-order valence-corrected chi connectivity index (χ2v) is 6.37. The molecular formula is C19H23N. The third kappa shape index (κ3) is 2.78. The van der Waals surface area contributed by atoms with Crippen LogP contribution in [0.2, 0.25) is 0 Å². The van der Waals surface area contributed by atoms with Gasteiger partial charge < -0.3 is 5.32 Å². The molecule has 0 spiro atoms. The first kappa shape index (κ1) is 13.4. The SMILES string of the molecule is Cc1ccc(C)c(CC2(Cc3ccccc3)CNC2)c1. The van der Waals surface area contributed by atoms with Crippen LogP contribution < -0.4 is 5.32 Å². The van der Waals surface area contributed by atoms with E-state index in [1.165, 1.54) is 35.1 Å². The summed E-state index contributed by atoms with van der Waals surface area (Å²) in [6.07, 6.45) is 2.36. The van der Waals surface area contributed by atoms with E-state index in [1.807, 2.05) is 0 Å². The minimum atomic E-state index is 0.403. The van der Waals surface area contributed by atoms with Gasteiger partial charge in [-0.3, -0.25) is 0 Å². The van der Waals surface area contributed by atoms with Crippen LogP contribution in [0.4, 0.5) is 0 Å². The normalized spacial score (nSPS) is 16.7. The lowest BCUT2D eigenvalue weighted by Gasteiger charge is -2.43. The van der Waals surface area contributed by atoms with E-state index in [0.717, 1.165) is 13.1 Å². The fourth-order valence-electron chi connectivity index (χ4n) is 3.21. The summed E-state index contributed by atoms with van der Waals surface area (Å²) < 4.78 is 0. The van der Waals surface area contributed by atoms with Gasteiger partial charge in [0.15, 0.2) is 0 Å². The Labute approximate surface area is 122 Å². The van der Waals surface area contributed by atoms with Gasteiger partial charge in [0.1, 0.15) is 0 Å². The summed E-state index contributed by atoms with van der Waals surface area (Å²) in [4.78, 5) is 0. The Balaban J connectivity index is 1.81. The highest BCUT2D eigenvalue weighted by Crippen LogP contribution is 2.33. The van der Waals surface area contributed by atoms with Crippen molar-refractivity contribution < 1.29 is 0 Å². The zero-order chi connectivity index (χ0) is 14.0. The van der Waals surface area contributed by atoms with Crippen LogP contribution in [0.3, 0.4) is 0 Å². The number of benzene rings is 2. The lowest BCUT2D eigenvalue weighted by atomic mass is 9.71. The van der Waals surface area contributed by atoms with E-state index in [-0.39, 0.29) is 0 Å². The summed E-state index contributed by atoms with van der Waals surface area (Å²) in [5.41, 5.74) is 6.17. The summed E-state index contributed by atoms with van der Waals surface area (Å²) in [6.45, 7) is 6.69. The minimum Gasteiger partial charge on any atom is -0.315 e. The Morgan fingerprint density at radius 3 is 2.35 bits per heavy atom. The van der Waals surface area contributed by atoms with Crippen LogP contribution in [0.5, 0.6) is 0 Å². The van der Waals surface area contributed by atoms with E-state index in [2.05, 4.69) is 67.7 Å². The Morgan fingerprint density at radius 1 is 0.950 bits per heavy atom. The van der Waals surface area contributed by atoms with Gasteiger partial charge in [0.25, 0.3) is 0 Å².